The molecule has 0 aliphatic heterocycles. The van der Waals surface area contributed by atoms with E-state index in [0.29, 0.717) is 30.5 Å². The number of aryl methyl sites for hydroxylation is 1. The van der Waals surface area contributed by atoms with Crippen LogP contribution in [0.4, 0.5) is 5.69 Å². The Morgan fingerprint density at radius 2 is 1.44 bits per heavy atom. The van der Waals surface area contributed by atoms with E-state index in [1.54, 1.807) is 72.8 Å². The number of aliphatic hydroxyl groups excluding tert-OH is 2. The summed E-state index contributed by atoms with van der Waals surface area (Å²) in [6.45, 7) is 0.567. The Balaban J connectivity index is 1.49. The van der Waals surface area contributed by atoms with Crippen LogP contribution in [0.2, 0.25) is 0 Å². The predicted molar refractivity (Wildman–Crippen MR) is 155 cm³/mol. The SMILES string of the molecule is C[C@@H](O)[C@H](NC(=O)c1ccc(C#Cc2ccc(NC(=O)CCCc3ccc(S(C)(=O)=O)cc3)cc2)cc1)C(=O)CO. The molecule has 214 valence electrons. The number of sulfone groups is 1. The van der Waals surface area contributed by atoms with Crippen molar-refractivity contribution in [2.45, 2.75) is 43.2 Å². The second-order valence-corrected chi connectivity index (χ2v) is 11.6. The van der Waals surface area contributed by atoms with Crippen LogP contribution in [0, 0.1) is 11.8 Å². The Labute approximate surface area is 239 Å². The molecule has 3 rings (SSSR count). The quantitative estimate of drug-likeness (QED) is 0.256. The zero-order valence-electron chi connectivity index (χ0n) is 22.8. The molecule has 0 aromatic heterocycles. The third-order valence-electron chi connectivity index (χ3n) is 6.16. The third kappa shape index (κ3) is 9.69. The van der Waals surface area contributed by atoms with E-state index in [2.05, 4.69) is 22.5 Å². The van der Waals surface area contributed by atoms with Crippen LogP contribution in [-0.4, -0.2) is 61.2 Å². The van der Waals surface area contributed by atoms with Crippen molar-refractivity contribution in [2.24, 2.45) is 0 Å². The fraction of sp³-hybridized carbons (Fsp3) is 0.258. The van der Waals surface area contributed by atoms with Crippen molar-refractivity contribution in [1.29, 1.82) is 0 Å². The summed E-state index contributed by atoms with van der Waals surface area (Å²) in [5, 5.41) is 24.0. The lowest BCUT2D eigenvalue weighted by molar-refractivity contribution is -0.126. The number of rotatable bonds is 11. The maximum atomic E-state index is 12.4. The number of ketones is 1. The number of aliphatic hydroxyl groups is 2. The van der Waals surface area contributed by atoms with E-state index in [1.165, 1.54) is 6.92 Å². The minimum atomic E-state index is -3.23. The number of benzene rings is 3. The van der Waals surface area contributed by atoms with Crippen LogP contribution in [0.3, 0.4) is 0 Å². The van der Waals surface area contributed by atoms with Gasteiger partial charge in [0.1, 0.15) is 12.6 Å². The molecule has 0 fully saturated rings. The van der Waals surface area contributed by atoms with E-state index < -0.39 is 40.3 Å². The average Bonchev–Trinajstić information content (AvgIpc) is 2.95. The van der Waals surface area contributed by atoms with Crippen molar-refractivity contribution < 1.29 is 33.0 Å². The highest BCUT2D eigenvalue weighted by Crippen LogP contribution is 2.14. The van der Waals surface area contributed by atoms with Crippen molar-refractivity contribution in [3.05, 3.63) is 95.1 Å². The number of carbonyl (C=O) groups is 3. The lowest BCUT2D eigenvalue weighted by Gasteiger charge is -2.19. The smallest absolute Gasteiger partial charge is 0.251 e. The van der Waals surface area contributed by atoms with Gasteiger partial charge in [0.15, 0.2) is 15.6 Å². The number of amides is 2. The third-order valence-corrected chi connectivity index (χ3v) is 7.29. The molecule has 2 amide bonds. The van der Waals surface area contributed by atoms with Crippen LogP contribution in [0.5, 0.6) is 0 Å². The Morgan fingerprint density at radius 1 is 0.878 bits per heavy atom. The zero-order valence-corrected chi connectivity index (χ0v) is 23.6. The Morgan fingerprint density at radius 3 is 1.95 bits per heavy atom. The Hall–Kier alpha value is -4.30. The van der Waals surface area contributed by atoms with Gasteiger partial charge in [-0.25, -0.2) is 8.42 Å². The van der Waals surface area contributed by atoms with Gasteiger partial charge in [0.05, 0.1) is 11.0 Å². The monoisotopic (exact) mass is 576 g/mol. The van der Waals surface area contributed by atoms with Gasteiger partial charge < -0.3 is 20.8 Å². The summed E-state index contributed by atoms with van der Waals surface area (Å²) < 4.78 is 23.1. The fourth-order valence-electron chi connectivity index (χ4n) is 3.86. The van der Waals surface area contributed by atoms with Gasteiger partial charge in [-0.2, -0.15) is 0 Å². The Bertz CT molecular complexity index is 1540. The highest BCUT2D eigenvalue weighted by molar-refractivity contribution is 7.90. The maximum Gasteiger partial charge on any atom is 0.251 e. The topological polar surface area (TPSA) is 150 Å². The first kappa shape index (κ1) is 31.2. The zero-order chi connectivity index (χ0) is 30.0. The summed E-state index contributed by atoms with van der Waals surface area (Å²) in [6.07, 6.45) is 1.61. The maximum absolute atomic E-state index is 12.4. The molecule has 41 heavy (non-hydrogen) atoms. The van der Waals surface area contributed by atoms with Gasteiger partial charge in [0.2, 0.25) is 5.91 Å². The van der Waals surface area contributed by atoms with Gasteiger partial charge >= 0.3 is 0 Å². The van der Waals surface area contributed by atoms with Crippen molar-refractivity contribution >= 4 is 33.1 Å². The summed E-state index contributed by atoms with van der Waals surface area (Å²) in [5.41, 5.74) is 3.26. The first-order valence-electron chi connectivity index (χ1n) is 12.9. The van der Waals surface area contributed by atoms with Gasteiger partial charge in [-0.3, -0.25) is 14.4 Å². The van der Waals surface area contributed by atoms with E-state index in [0.717, 1.165) is 17.4 Å². The van der Waals surface area contributed by atoms with Crippen LogP contribution >= 0.6 is 0 Å². The molecule has 9 nitrogen and oxygen atoms in total. The number of hydrogen-bond donors (Lipinski definition) is 4. The molecule has 3 aromatic rings. The molecule has 0 saturated carbocycles. The fourth-order valence-corrected chi connectivity index (χ4v) is 4.49. The molecule has 4 N–H and O–H groups in total. The van der Waals surface area contributed by atoms with Gasteiger partial charge in [-0.1, -0.05) is 24.0 Å². The second-order valence-electron chi connectivity index (χ2n) is 9.54. The van der Waals surface area contributed by atoms with Crippen LogP contribution in [0.15, 0.2) is 77.7 Å². The molecular weight excluding hydrogens is 544 g/mol. The van der Waals surface area contributed by atoms with E-state index in [4.69, 9.17) is 5.11 Å². The first-order chi connectivity index (χ1) is 19.5. The van der Waals surface area contributed by atoms with E-state index in [1.807, 2.05) is 0 Å². The molecule has 0 radical (unpaired) electrons. The summed E-state index contributed by atoms with van der Waals surface area (Å²) >= 11 is 0. The molecular formula is C31H32N2O7S. The number of carbonyl (C=O) groups excluding carboxylic acids is 3. The molecule has 2 atom stereocenters. The minimum Gasteiger partial charge on any atom is -0.391 e. The standard InChI is InChI=1S/C31H32N2O7S/c1-21(35)30(28(36)20-34)33-31(38)25-14-8-23(9-15-25)6-7-24-10-16-26(17-11-24)32-29(37)5-3-4-22-12-18-27(19-13-22)41(2,39)40/h8-19,21,30,34-35H,3-5,20H2,1-2H3,(H,32,37)(H,33,38)/t21-,30+/m1/s1. The van der Waals surface area contributed by atoms with Gasteiger partial charge in [0, 0.05) is 35.1 Å². The molecule has 10 heteroatoms. The normalized spacial score (nSPS) is 12.4. The number of anilines is 1. The lowest BCUT2D eigenvalue weighted by atomic mass is 10.1. The number of nitrogens with one attached hydrogen (secondary N) is 2. The molecule has 3 aromatic carbocycles. The van der Waals surface area contributed by atoms with Gasteiger partial charge in [-0.05, 0) is 86.0 Å². The molecule has 0 heterocycles. The van der Waals surface area contributed by atoms with E-state index >= 15 is 0 Å². The number of Topliss-reactive ketones (excluding diaryl/α,β-unsaturated/α-hetero) is 1. The van der Waals surface area contributed by atoms with E-state index in [9.17, 15) is 27.9 Å². The van der Waals surface area contributed by atoms with Crippen LogP contribution in [0.1, 0.15) is 46.8 Å². The molecule has 0 aliphatic carbocycles. The van der Waals surface area contributed by atoms with E-state index in [-0.39, 0.29) is 16.4 Å². The van der Waals surface area contributed by atoms with Gasteiger partial charge in [-0.15, -0.1) is 0 Å². The summed E-state index contributed by atoms with van der Waals surface area (Å²) in [5.74, 6) is 4.65. The lowest BCUT2D eigenvalue weighted by Crippen LogP contribution is -2.48. The molecule has 0 bridgehead atoms. The molecule has 0 unspecified atom stereocenters. The van der Waals surface area contributed by atoms with Crippen LogP contribution in [-0.2, 0) is 25.8 Å². The highest BCUT2D eigenvalue weighted by atomic mass is 32.2. The molecule has 0 aliphatic rings. The first-order valence-corrected chi connectivity index (χ1v) is 14.8. The van der Waals surface area contributed by atoms with Crippen molar-refractivity contribution in [3.8, 4) is 11.8 Å². The summed E-state index contributed by atoms with van der Waals surface area (Å²) in [7, 11) is -3.23. The van der Waals surface area contributed by atoms with Crippen molar-refractivity contribution in [2.75, 3.05) is 18.2 Å². The van der Waals surface area contributed by atoms with Crippen molar-refractivity contribution in [3.63, 3.8) is 0 Å². The van der Waals surface area contributed by atoms with Crippen molar-refractivity contribution in [1.82, 2.24) is 5.32 Å². The largest absolute Gasteiger partial charge is 0.391 e. The number of hydrogen-bond acceptors (Lipinski definition) is 7. The second kappa shape index (κ2) is 14.4. The minimum absolute atomic E-state index is 0.124. The van der Waals surface area contributed by atoms with Gasteiger partial charge in [0.25, 0.3) is 5.91 Å². The molecule has 0 saturated heterocycles. The van der Waals surface area contributed by atoms with Crippen LogP contribution in [0.25, 0.3) is 0 Å². The molecule has 0 spiro atoms. The van der Waals surface area contributed by atoms with Crippen LogP contribution < -0.4 is 10.6 Å². The average molecular weight is 577 g/mol. The summed E-state index contributed by atoms with van der Waals surface area (Å²) in [4.78, 5) is 36.7. The predicted octanol–water partition coefficient (Wildman–Crippen LogP) is 2.49. The Kier molecular flexibility index (Phi) is 10.9. The highest BCUT2D eigenvalue weighted by Gasteiger charge is 2.25. The summed E-state index contributed by atoms with van der Waals surface area (Å²) in [6, 6.07) is 18.9.